The highest BCUT2D eigenvalue weighted by atomic mass is 19.1. The van der Waals surface area contributed by atoms with Crippen LogP contribution in [0, 0.1) is 11.6 Å². The van der Waals surface area contributed by atoms with E-state index in [9.17, 15) is 13.6 Å². The minimum Gasteiger partial charge on any atom is -0.383 e. The van der Waals surface area contributed by atoms with Gasteiger partial charge in [0, 0.05) is 18.3 Å². The second kappa shape index (κ2) is 6.35. The summed E-state index contributed by atoms with van der Waals surface area (Å²) in [4.78, 5) is 12.0. The Bertz CT molecular complexity index is 631. The van der Waals surface area contributed by atoms with Crippen molar-refractivity contribution < 1.29 is 13.6 Å². The molecule has 21 heavy (non-hydrogen) atoms. The van der Waals surface area contributed by atoms with Gasteiger partial charge in [-0.2, -0.15) is 0 Å². The summed E-state index contributed by atoms with van der Waals surface area (Å²) in [5.41, 5.74) is 1.40. The van der Waals surface area contributed by atoms with Crippen LogP contribution in [0.3, 0.4) is 0 Å². The van der Waals surface area contributed by atoms with Gasteiger partial charge in [-0.15, -0.1) is 0 Å². The summed E-state index contributed by atoms with van der Waals surface area (Å²) in [6.07, 6.45) is 0.899. The predicted molar refractivity (Wildman–Crippen MR) is 79.7 cm³/mol. The van der Waals surface area contributed by atoms with E-state index in [0.717, 1.165) is 24.1 Å². The molecule has 3 nitrogen and oxygen atoms in total. The maximum absolute atomic E-state index is 13.6. The Morgan fingerprint density at radius 2 is 1.67 bits per heavy atom. The number of nitrogens with one attached hydrogen (secondary N) is 2. The third-order valence-electron chi connectivity index (χ3n) is 3.17. The van der Waals surface area contributed by atoms with Crippen molar-refractivity contribution in [2.45, 2.75) is 13.3 Å². The molecule has 0 unspecified atom stereocenters. The average Bonchev–Trinajstić information content (AvgIpc) is 2.47. The van der Waals surface area contributed by atoms with E-state index in [-0.39, 0.29) is 11.3 Å². The lowest BCUT2D eigenvalue weighted by molar-refractivity contribution is 0.102. The van der Waals surface area contributed by atoms with Crippen LogP contribution in [-0.2, 0) is 6.42 Å². The molecule has 0 atom stereocenters. The molecule has 0 fully saturated rings. The molecule has 0 bridgehead atoms. The van der Waals surface area contributed by atoms with Crippen LogP contribution in [0.1, 0.15) is 22.8 Å². The zero-order valence-electron chi connectivity index (χ0n) is 11.8. The molecule has 0 saturated heterocycles. The van der Waals surface area contributed by atoms with Crippen molar-refractivity contribution in [2.24, 2.45) is 0 Å². The van der Waals surface area contributed by atoms with Gasteiger partial charge in [-0.25, -0.2) is 8.78 Å². The highest BCUT2D eigenvalue weighted by Gasteiger charge is 2.14. The molecule has 0 heterocycles. The highest BCUT2D eigenvalue weighted by molar-refractivity contribution is 6.04. The first-order valence-electron chi connectivity index (χ1n) is 6.62. The Hall–Kier alpha value is -2.43. The maximum Gasteiger partial charge on any atom is 0.255 e. The third-order valence-corrected chi connectivity index (χ3v) is 3.17. The number of amides is 1. The quantitative estimate of drug-likeness (QED) is 0.898. The third kappa shape index (κ3) is 3.37. The average molecular weight is 290 g/mol. The van der Waals surface area contributed by atoms with Gasteiger partial charge in [0.25, 0.3) is 5.91 Å². The number of halogens is 2. The lowest BCUT2D eigenvalue weighted by Crippen LogP contribution is -2.13. The zero-order valence-corrected chi connectivity index (χ0v) is 11.8. The summed E-state index contributed by atoms with van der Waals surface area (Å²) in [7, 11) is 1.41. The molecule has 0 radical (unpaired) electrons. The van der Waals surface area contributed by atoms with Gasteiger partial charge < -0.3 is 10.6 Å². The SMILES string of the molecule is CCc1ccc(NC(=O)c2cc(F)c(NC)c(F)c2)cc1. The number of hydrogen-bond donors (Lipinski definition) is 2. The van der Waals surface area contributed by atoms with E-state index in [1.165, 1.54) is 7.05 Å². The number of rotatable bonds is 4. The topological polar surface area (TPSA) is 41.1 Å². The second-order valence-electron chi connectivity index (χ2n) is 4.57. The zero-order chi connectivity index (χ0) is 15.4. The number of carbonyl (C=O) groups is 1. The van der Waals surface area contributed by atoms with E-state index in [1.54, 1.807) is 12.1 Å². The van der Waals surface area contributed by atoms with Crippen molar-refractivity contribution in [3.05, 3.63) is 59.2 Å². The maximum atomic E-state index is 13.6. The van der Waals surface area contributed by atoms with Crippen LogP contribution in [0.25, 0.3) is 0 Å². The van der Waals surface area contributed by atoms with Gasteiger partial charge in [-0.05, 0) is 36.2 Å². The normalized spacial score (nSPS) is 10.3. The molecule has 2 aromatic carbocycles. The Morgan fingerprint density at radius 3 is 2.14 bits per heavy atom. The van der Waals surface area contributed by atoms with Crippen LogP contribution < -0.4 is 10.6 Å². The molecule has 0 saturated carbocycles. The fourth-order valence-corrected chi connectivity index (χ4v) is 1.97. The molecule has 5 heteroatoms. The molecule has 0 aliphatic heterocycles. The Morgan fingerprint density at radius 1 is 1.10 bits per heavy atom. The first-order valence-corrected chi connectivity index (χ1v) is 6.62. The fourth-order valence-electron chi connectivity index (χ4n) is 1.97. The van der Waals surface area contributed by atoms with Gasteiger partial charge in [-0.3, -0.25) is 4.79 Å². The van der Waals surface area contributed by atoms with E-state index < -0.39 is 17.5 Å². The lowest BCUT2D eigenvalue weighted by Gasteiger charge is -2.09. The van der Waals surface area contributed by atoms with Crippen molar-refractivity contribution in [2.75, 3.05) is 17.7 Å². The summed E-state index contributed by atoms with van der Waals surface area (Å²) in [5, 5.41) is 5.02. The van der Waals surface area contributed by atoms with Crippen molar-refractivity contribution in [1.82, 2.24) is 0 Å². The monoisotopic (exact) mass is 290 g/mol. The number of carbonyl (C=O) groups excluding carboxylic acids is 1. The molecule has 0 spiro atoms. The number of anilines is 2. The molecular weight excluding hydrogens is 274 g/mol. The van der Waals surface area contributed by atoms with Crippen molar-refractivity contribution in [1.29, 1.82) is 0 Å². The molecule has 0 aliphatic carbocycles. The van der Waals surface area contributed by atoms with Crippen molar-refractivity contribution >= 4 is 17.3 Å². The van der Waals surface area contributed by atoms with E-state index in [1.807, 2.05) is 19.1 Å². The van der Waals surface area contributed by atoms with Gasteiger partial charge in [-0.1, -0.05) is 19.1 Å². The molecule has 2 N–H and O–H groups in total. The van der Waals surface area contributed by atoms with Crippen LogP contribution in [0.5, 0.6) is 0 Å². The first kappa shape index (κ1) is 15.0. The minimum absolute atomic E-state index is 0.0661. The fraction of sp³-hybridized carbons (Fsp3) is 0.188. The Kier molecular flexibility index (Phi) is 4.52. The number of aryl methyl sites for hydroxylation is 1. The van der Waals surface area contributed by atoms with Gasteiger partial charge in [0.1, 0.15) is 17.3 Å². The summed E-state index contributed by atoms with van der Waals surface area (Å²) in [6, 6.07) is 9.30. The lowest BCUT2D eigenvalue weighted by atomic mass is 10.1. The van der Waals surface area contributed by atoms with Gasteiger partial charge in [0.2, 0.25) is 0 Å². The van der Waals surface area contributed by atoms with Gasteiger partial charge in [0.15, 0.2) is 0 Å². The molecule has 110 valence electrons. The number of hydrogen-bond acceptors (Lipinski definition) is 2. The summed E-state index contributed by atoms with van der Waals surface area (Å²) in [6.45, 7) is 2.03. The van der Waals surface area contributed by atoms with Crippen molar-refractivity contribution in [3.8, 4) is 0 Å². The Balaban J connectivity index is 2.20. The molecule has 2 aromatic rings. The van der Waals surface area contributed by atoms with E-state index in [4.69, 9.17) is 0 Å². The van der Waals surface area contributed by atoms with Gasteiger partial charge in [0.05, 0.1) is 0 Å². The molecule has 1 amide bonds. The van der Waals surface area contributed by atoms with Crippen molar-refractivity contribution in [3.63, 3.8) is 0 Å². The van der Waals surface area contributed by atoms with Crippen LogP contribution in [-0.4, -0.2) is 13.0 Å². The van der Waals surface area contributed by atoms with Crippen LogP contribution in [0.4, 0.5) is 20.2 Å². The first-order chi connectivity index (χ1) is 10.0. The van der Waals surface area contributed by atoms with E-state index in [2.05, 4.69) is 10.6 Å². The number of benzene rings is 2. The molecule has 0 aromatic heterocycles. The summed E-state index contributed by atoms with van der Waals surface area (Å²) >= 11 is 0. The van der Waals surface area contributed by atoms with E-state index in [0.29, 0.717) is 5.69 Å². The van der Waals surface area contributed by atoms with Crippen LogP contribution in [0.15, 0.2) is 36.4 Å². The van der Waals surface area contributed by atoms with E-state index >= 15 is 0 Å². The second-order valence-corrected chi connectivity index (χ2v) is 4.57. The van der Waals surface area contributed by atoms with Crippen LogP contribution >= 0.6 is 0 Å². The van der Waals surface area contributed by atoms with Gasteiger partial charge >= 0.3 is 0 Å². The molecule has 0 aliphatic rings. The molecule has 2 rings (SSSR count). The largest absolute Gasteiger partial charge is 0.383 e. The highest BCUT2D eigenvalue weighted by Crippen LogP contribution is 2.21. The van der Waals surface area contributed by atoms with Crippen LogP contribution in [0.2, 0.25) is 0 Å². The smallest absolute Gasteiger partial charge is 0.255 e. The Labute approximate surface area is 122 Å². The summed E-state index contributed by atoms with van der Waals surface area (Å²) in [5.74, 6) is -2.16. The standard InChI is InChI=1S/C16H16F2N2O/c1-3-10-4-6-12(7-5-10)20-16(21)11-8-13(17)15(19-2)14(18)9-11/h4-9,19H,3H2,1-2H3,(H,20,21). The summed E-state index contributed by atoms with van der Waals surface area (Å²) < 4.78 is 27.3. The predicted octanol–water partition coefficient (Wildman–Crippen LogP) is 3.82. The minimum atomic E-state index is -0.802. The molecular formula is C16H16F2N2O.